The number of rotatable bonds is 16. The molecule has 1 amide bonds. The van der Waals surface area contributed by atoms with Crippen LogP contribution in [0.4, 0.5) is 0 Å². The SMILES string of the molecule is BCC(=O)NCCOCCOCCOCCOCCC(=O)OC. The van der Waals surface area contributed by atoms with Crippen molar-refractivity contribution in [3.05, 3.63) is 0 Å². The minimum Gasteiger partial charge on any atom is -0.469 e. The highest BCUT2D eigenvalue weighted by atomic mass is 16.6. The molecule has 0 aliphatic carbocycles. The van der Waals surface area contributed by atoms with Crippen LogP contribution in [-0.2, 0) is 33.3 Å². The standard InChI is InChI=1S/C14H28BNO7/c1-19-14(18)2-4-20-6-8-22-10-11-23-9-7-21-5-3-16-13(17)12-15/h2-12,15H2,1H3,(H,16,17). The van der Waals surface area contributed by atoms with Gasteiger partial charge in [0.25, 0.3) is 0 Å². The molecule has 0 unspecified atom stereocenters. The summed E-state index contributed by atoms with van der Waals surface area (Å²) in [6.45, 7) is 4.16. The molecular weight excluding hydrogens is 305 g/mol. The molecule has 0 fully saturated rings. The van der Waals surface area contributed by atoms with Crippen molar-refractivity contribution in [1.82, 2.24) is 5.32 Å². The maximum absolute atomic E-state index is 10.9. The largest absolute Gasteiger partial charge is 0.469 e. The number of carbonyl (C=O) groups excluding carboxylic acids is 2. The number of carbonyl (C=O) groups is 2. The quantitative estimate of drug-likeness (QED) is 0.215. The summed E-state index contributed by atoms with van der Waals surface area (Å²) in [5, 5.41) is 2.72. The van der Waals surface area contributed by atoms with Gasteiger partial charge >= 0.3 is 5.97 Å². The van der Waals surface area contributed by atoms with Crippen LogP contribution in [0.25, 0.3) is 0 Å². The molecule has 134 valence electrons. The van der Waals surface area contributed by atoms with Crippen LogP contribution in [-0.4, -0.2) is 86.2 Å². The van der Waals surface area contributed by atoms with Crippen molar-refractivity contribution in [3.63, 3.8) is 0 Å². The number of hydrogen-bond acceptors (Lipinski definition) is 7. The van der Waals surface area contributed by atoms with Crippen molar-refractivity contribution in [2.24, 2.45) is 0 Å². The smallest absolute Gasteiger partial charge is 0.307 e. The third kappa shape index (κ3) is 17.0. The zero-order valence-electron chi connectivity index (χ0n) is 14.1. The minimum absolute atomic E-state index is 0.0243. The Morgan fingerprint density at radius 2 is 1.30 bits per heavy atom. The number of nitrogens with one attached hydrogen (secondary N) is 1. The van der Waals surface area contributed by atoms with Crippen LogP contribution in [0, 0.1) is 0 Å². The Balaban J connectivity index is 3.05. The molecule has 0 aromatic carbocycles. The van der Waals surface area contributed by atoms with E-state index in [1.807, 2.05) is 0 Å². The summed E-state index contributed by atoms with van der Waals surface area (Å²) in [6.07, 6.45) is 0.737. The zero-order chi connectivity index (χ0) is 17.2. The average molecular weight is 333 g/mol. The summed E-state index contributed by atoms with van der Waals surface area (Å²) >= 11 is 0. The molecule has 8 nitrogen and oxygen atoms in total. The van der Waals surface area contributed by atoms with Gasteiger partial charge in [0.2, 0.25) is 5.91 Å². The molecule has 0 aromatic heterocycles. The maximum Gasteiger partial charge on any atom is 0.307 e. The summed E-state index contributed by atoms with van der Waals surface area (Å²) in [5.74, 6) is -0.259. The molecule has 0 saturated heterocycles. The lowest BCUT2D eigenvalue weighted by atomic mass is 10.1. The molecular formula is C14H28BNO7. The van der Waals surface area contributed by atoms with Crippen molar-refractivity contribution in [2.45, 2.75) is 12.7 Å². The van der Waals surface area contributed by atoms with Crippen LogP contribution in [0.3, 0.4) is 0 Å². The van der Waals surface area contributed by atoms with Crippen LogP contribution in [0.15, 0.2) is 0 Å². The molecule has 0 saturated carbocycles. The van der Waals surface area contributed by atoms with Gasteiger partial charge in [-0.25, -0.2) is 0 Å². The fourth-order valence-corrected chi connectivity index (χ4v) is 1.41. The molecule has 0 rings (SSSR count). The lowest BCUT2D eigenvalue weighted by Crippen LogP contribution is -2.27. The first-order chi connectivity index (χ1) is 11.2. The molecule has 1 N–H and O–H groups in total. The number of ether oxygens (including phenoxy) is 5. The Morgan fingerprint density at radius 3 is 1.78 bits per heavy atom. The Labute approximate surface area is 138 Å². The van der Waals surface area contributed by atoms with Crippen molar-refractivity contribution in [1.29, 1.82) is 0 Å². The van der Waals surface area contributed by atoms with E-state index in [1.54, 1.807) is 7.85 Å². The second-order valence-corrected chi connectivity index (χ2v) is 4.48. The summed E-state index contributed by atoms with van der Waals surface area (Å²) in [7, 11) is 3.15. The van der Waals surface area contributed by atoms with Crippen molar-refractivity contribution < 1.29 is 33.3 Å². The van der Waals surface area contributed by atoms with Gasteiger partial charge in [-0.15, -0.1) is 0 Å². The van der Waals surface area contributed by atoms with E-state index in [-0.39, 0.29) is 18.3 Å². The van der Waals surface area contributed by atoms with Gasteiger partial charge in [-0.05, 0) is 6.32 Å². The first kappa shape index (κ1) is 21.8. The molecule has 0 heterocycles. The number of amides is 1. The highest BCUT2D eigenvalue weighted by molar-refractivity contribution is 6.19. The minimum atomic E-state index is -0.283. The van der Waals surface area contributed by atoms with Crippen LogP contribution in [0.2, 0.25) is 6.32 Å². The fraction of sp³-hybridized carbons (Fsp3) is 0.857. The monoisotopic (exact) mass is 333 g/mol. The first-order valence-corrected chi connectivity index (χ1v) is 7.85. The Kier molecular flexibility index (Phi) is 16.3. The van der Waals surface area contributed by atoms with Gasteiger partial charge in [0.05, 0.1) is 66.4 Å². The van der Waals surface area contributed by atoms with Gasteiger partial charge < -0.3 is 29.0 Å². The Morgan fingerprint density at radius 1 is 0.826 bits per heavy atom. The molecule has 0 spiro atoms. The predicted octanol–water partition coefficient (Wildman–Crippen LogP) is -1.22. The first-order valence-electron chi connectivity index (χ1n) is 7.85. The normalized spacial score (nSPS) is 10.5. The summed E-state index contributed by atoms with van der Waals surface area (Å²) < 4.78 is 25.6. The van der Waals surface area contributed by atoms with Gasteiger partial charge in [-0.1, -0.05) is 0 Å². The predicted molar refractivity (Wildman–Crippen MR) is 86.3 cm³/mol. The van der Waals surface area contributed by atoms with Crippen molar-refractivity contribution in [3.8, 4) is 0 Å². The second kappa shape index (κ2) is 17.2. The van der Waals surface area contributed by atoms with Crippen molar-refractivity contribution in [2.75, 3.05) is 66.5 Å². The topological polar surface area (TPSA) is 92.3 Å². The highest BCUT2D eigenvalue weighted by Gasteiger charge is 1.99. The van der Waals surface area contributed by atoms with E-state index < -0.39 is 0 Å². The molecule has 0 atom stereocenters. The zero-order valence-corrected chi connectivity index (χ0v) is 14.1. The lowest BCUT2D eigenvalue weighted by molar-refractivity contribution is -0.142. The van der Waals surface area contributed by atoms with E-state index in [0.29, 0.717) is 65.7 Å². The molecule has 23 heavy (non-hydrogen) atoms. The third-order valence-corrected chi connectivity index (χ3v) is 2.68. The van der Waals surface area contributed by atoms with E-state index in [2.05, 4.69) is 10.1 Å². The van der Waals surface area contributed by atoms with E-state index >= 15 is 0 Å². The second-order valence-electron chi connectivity index (χ2n) is 4.48. The fourth-order valence-electron chi connectivity index (χ4n) is 1.41. The molecule has 9 heteroatoms. The number of esters is 1. The van der Waals surface area contributed by atoms with Crippen molar-refractivity contribution >= 4 is 19.7 Å². The van der Waals surface area contributed by atoms with Crippen LogP contribution in [0.1, 0.15) is 6.42 Å². The highest BCUT2D eigenvalue weighted by Crippen LogP contribution is 1.87. The van der Waals surface area contributed by atoms with Gasteiger partial charge in [0, 0.05) is 6.54 Å². The Hall–Kier alpha value is -1.16. The molecule has 0 aromatic rings. The molecule has 0 aliphatic heterocycles. The van der Waals surface area contributed by atoms with Crippen LogP contribution >= 0.6 is 0 Å². The van der Waals surface area contributed by atoms with Gasteiger partial charge in [0.1, 0.15) is 7.85 Å². The van der Waals surface area contributed by atoms with Gasteiger partial charge in [-0.3, -0.25) is 9.59 Å². The third-order valence-electron chi connectivity index (χ3n) is 2.68. The maximum atomic E-state index is 10.9. The van der Waals surface area contributed by atoms with E-state index in [1.165, 1.54) is 7.11 Å². The van der Waals surface area contributed by atoms with Gasteiger partial charge in [-0.2, -0.15) is 0 Å². The molecule has 0 radical (unpaired) electrons. The van der Waals surface area contributed by atoms with E-state index in [9.17, 15) is 9.59 Å². The molecule has 0 aliphatic rings. The molecule has 0 bridgehead atoms. The van der Waals surface area contributed by atoms with Crippen LogP contribution in [0.5, 0.6) is 0 Å². The Bertz CT molecular complexity index is 277. The van der Waals surface area contributed by atoms with Crippen LogP contribution < -0.4 is 5.32 Å². The van der Waals surface area contributed by atoms with E-state index in [4.69, 9.17) is 18.9 Å². The summed E-state index contributed by atoms with van der Waals surface area (Å²) in [4.78, 5) is 21.7. The number of methoxy groups -OCH3 is 1. The van der Waals surface area contributed by atoms with E-state index in [0.717, 1.165) is 0 Å². The summed E-state index contributed by atoms with van der Waals surface area (Å²) in [6, 6.07) is 0. The average Bonchev–Trinajstić information content (AvgIpc) is 2.57. The summed E-state index contributed by atoms with van der Waals surface area (Å²) in [5.41, 5.74) is 0. The lowest BCUT2D eigenvalue weighted by Gasteiger charge is -2.07. The number of hydrogen-bond donors (Lipinski definition) is 1. The van der Waals surface area contributed by atoms with Gasteiger partial charge in [0.15, 0.2) is 0 Å².